The highest BCUT2D eigenvalue weighted by atomic mass is 16.6. The summed E-state index contributed by atoms with van der Waals surface area (Å²) in [7, 11) is 1.68. The van der Waals surface area contributed by atoms with Crippen LogP contribution in [0.3, 0.4) is 0 Å². The molecule has 0 bridgehead atoms. The average Bonchev–Trinajstić information content (AvgIpc) is 3.20. The third kappa shape index (κ3) is 48.9. The van der Waals surface area contributed by atoms with Crippen molar-refractivity contribution < 1.29 is 66.4 Å². The molecule has 0 aromatic rings. The molecule has 0 saturated heterocycles. The molecule has 352 valence electrons. The lowest BCUT2D eigenvalue weighted by atomic mass is 10.0. The highest BCUT2D eigenvalue weighted by molar-refractivity contribution is 5.69. The first-order valence-electron chi connectivity index (χ1n) is 22.6. The molecule has 0 N–H and O–H groups in total. The van der Waals surface area contributed by atoms with Crippen LogP contribution in [0.25, 0.3) is 0 Å². The lowest BCUT2D eigenvalue weighted by Crippen LogP contribution is -2.36. The minimum absolute atomic E-state index is 0.136. The maximum Gasteiger partial charge on any atom is 0.410 e. The molecule has 0 aliphatic heterocycles. The number of unbranched alkanes of at least 4 members (excludes halogenated alkanes) is 12. The summed E-state index contributed by atoms with van der Waals surface area (Å²) in [5.41, 5.74) is -0.513. The predicted molar refractivity (Wildman–Crippen MR) is 228 cm³/mol. The minimum Gasteiger partial charge on any atom is -0.463 e. The normalized spacial score (nSPS) is 11.7. The Labute approximate surface area is 358 Å². The van der Waals surface area contributed by atoms with Crippen LogP contribution < -0.4 is 0 Å². The van der Waals surface area contributed by atoms with Gasteiger partial charge in [0.2, 0.25) is 0 Å². The molecule has 0 radical (unpaired) electrons. The zero-order valence-corrected chi connectivity index (χ0v) is 38.1. The summed E-state index contributed by atoms with van der Waals surface area (Å²) in [6.07, 6.45) is 16.9. The van der Waals surface area contributed by atoms with Gasteiger partial charge in [-0.05, 0) is 27.2 Å². The SMILES string of the molecule is CCCCCCCCCCCCCCCC(=O)OCCOCCOCCOCCOCCOCCOCCOCCOCCOCCOCCN(C)C(=O)OC(C)(C)C. The summed E-state index contributed by atoms with van der Waals surface area (Å²) < 4.78 is 65.5. The molecule has 1 amide bonds. The average molecular weight is 854 g/mol. The Morgan fingerprint density at radius 1 is 0.390 bits per heavy atom. The second-order valence-electron chi connectivity index (χ2n) is 15.2. The number of esters is 1. The van der Waals surface area contributed by atoms with E-state index in [-0.39, 0.29) is 18.7 Å². The zero-order chi connectivity index (χ0) is 43.2. The van der Waals surface area contributed by atoms with Gasteiger partial charge in [-0.15, -0.1) is 0 Å². The first-order chi connectivity index (χ1) is 28.8. The van der Waals surface area contributed by atoms with Crippen molar-refractivity contribution in [3.8, 4) is 0 Å². The fraction of sp³-hybridized carbons (Fsp3) is 0.955. The van der Waals surface area contributed by atoms with Gasteiger partial charge in [0.1, 0.15) is 12.2 Å². The summed E-state index contributed by atoms with van der Waals surface area (Å²) in [4.78, 5) is 25.3. The number of amides is 1. The van der Waals surface area contributed by atoms with E-state index in [2.05, 4.69) is 6.92 Å². The Bertz CT molecular complexity index is 879. The van der Waals surface area contributed by atoms with Crippen LogP contribution in [0, 0.1) is 0 Å². The maximum atomic E-state index is 11.9. The van der Waals surface area contributed by atoms with E-state index in [4.69, 9.17) is 56.8 Å². The van der Waals surface area contributed by atoms with Gasteiger partial charge in [0.25, 0.3) is 0 Å². The molecule has 0 aliphatic rings. The Kier molecular flexibility index (Phi) is 44.6. The van der Waals surface area contributed by atoms with Crippen molar-refractivity contribution in [2.24, 2.45) is 0 Å². The molecule has 0 atom stereocenters. The summed E-state index contributed by atoms with van der Waals surface area (Å²) in [5, 5.41) is 0. The van der Waals surface area contributed by atoms with Crippen molar-refractivity contribution in [1.82, 2.24) is 4.90 Å². The topological polar surface area (TPSA) is 148 Å². The molecule has 0 fully saturated rings. The van der Waals surface area contributed by atoms with Crippen LogP contribution in [0.4, 0.5) is 4.79 Å². The zero-order valence-electron chi connectivity index (χ0n) is 38.1. The Morgan fingerprint density at radius 2 is 0.661 bits per heavy atom. The van der Waals surface area contributed by atoms with Crippen molar-refractivity contribution in [3.63, 3.8) is 0 Å². The fourth-order valence-electron chi connectivity index (χ4n) is 5.29. The lowest BCUT2D eigenvalue weighted by Gasteiger charge is -2.24. The molecule has 0 unspecified atom stereocenters. The van der Waals surface area contributed by atoms with Crippen LogP contribution >= 0.6 is 0 Å². The fourth-order valence-corrected chi connectivity index (χ4v) is 5.29. The molecule has 0 rings (SSSR count). The molecule has 0 spiro atoms. The van der Waals surface area contributed by atoms with E-state index < -0.39 is 5.60 Å². The van der Waals surface area contributed by atoms with Gasteiger partial charge in [0.05, 0.1) is 132 Å². The summed E-state index contributed by atoms with van der Waals surface area (Å²) in [6, 6.07) is 0. The van der Waals surface area contributed by atoms with E-state index >= 15 is 0 Å². The highest BCUT2D eigenvalue weighted by Gasteiger charge is 2.19. The van der Waals surface area contributed by atoms with Gasteiger partial charge in [0, 0.05) is 20.0 Å². The van der Waals surface area contributed by atoms with Gasteiger partial charge in [0.15, 0.2) is 0 Å². The monoisotopic (exact) mass is 854 g/mol. The van der Waals surface area contributed by atoms with Crippen molar-refractivity contribution in [2.75, 3.05) is 152 Å². The Balaban J connectivity index is 3.18. The number of ether oxygens (including phenoxy) is 12. The smallest absolute Gasteiger partial charge is 0.410 e. The van der Waals surface area contributed by atoms with Crippen LogP contribution in [0.1, 0.15) is 118 Å². The lowest BCUT2D eigenvalue weighted by molar-refractivity contribution is -0.145. The molecule has 15 heteroatoms. The summed E-state index contributed by atoms with van der Waals surface area (Å²) in [6.45, 7) is 17.9. The molecular weight excluding hydrogens is 766 g/mol. The van der Waals surface area contributed by atoms with Crippen LogP contribution in [0.15, 0.2) is 0 Å². The molecule has 59 heavy (non-hydrogen) atoms. The number of nitrogens with zero attached hydrogens (tertiary/aromatic N) is 1. The van der Waals surface area contributed by atoms with Crippen LogP contribution in [-0.2, 0) is 61.6 Å². The van der Waals surface area contributed by atoms with Crippen molar-refractivity contribution >= 4 is 12.1 Å². The van der Waals surface area contributed by atoms with E-state index in [1.54, 1.807) is 7.05 Å². The number of hydrogen-bond acceptors (Lipinski definition) is 14. The minimum atomic E-state index is -0.513. The predicted octanol–water partition coefficient (Wildman–Crippen LogP) is 7.04. The largest absolute Gasteiger partial charge is 0.463 e. The number of likely N-dealkylation sites (N-methyl/N-ethyl adjacent to an activating group) is 1. The van der Waals surface area contributed by atoms with Gasteiger partial charge in [-0.2, -0.15) is 0 Å². The van der Waals surface area contributed by atoms with Crippen molar-refractivity contribution in [2.45, 2.75) is 123 Å². The molecule has 0 saturated carbocycles. The highest BCUT2D eigenvalue weighted by Crippen LogP contribution is 2.13. The number of hydrogen-bond donors (Lipinski definition) is 0. The quantitative estimate of drug-likeness (QED) is 0.0455. The Morgan fingerprint density at radius 3 is 0.966 bits per heavy atom. The molecule has 0 aromatic carbocycles. The van der Waals surface area contributed by atoms with Gasteiger partial charge in [-0.1, -0.05) is 84.0 Å². The molecule has 15 nitrogen and oxygen atoms in total. The first kappa shape index (κ1) is 57.3. The van der Waals surface area contributed by atoms with Gasteiger partial charge in [-0.25, -0.2) is 4.79 Å². The van der Waals surface area contributed by atoms with Crippen LogP contribution in [0.5, 0.6) is 0 Å². The second-order valence-corrected chi connectivity index (χ2v) is 15.2. The summed E-state index contributed by atoms with van der Waals surface area (Å²) in [5.74, 6) is -0.136. The van der Waals surface area contributed by atoms with E-state index in [0.29, 0.717) is 145 Å². The van der Waals surface area contributed by atoms with E-state index in [0.717, 1.165) is 12.8 Å². The van der Waals surface area contributed by atoms with Gasteiger partial charge >= 0.3 is 12.1 Å². The van der Waals surface area contributed by atoms with E-state index in [1.165, 1.54) is 75.5 Å². The van der Waals surface area contributed by atoms with Crippen molar-refractivity contribution in [1.29, 1.82) is 0 Å². The van der Waals surface area contributed by atoms with Crippen molar-refractivity contribution in [3.05, 3.63) is 0 Å². The maximum absolute atomic E-state index is 11.9. The molecule has 0 aliphatic carbocycles. The van der Waals surface area contributed by atoms with Crippen LogP contribution in [0.2, 0.25) is 0 Å². The first-order valence-corrected chi connectivity index (χ1v) is 22.6. The molecular formula is C44H87NO14. The molecule has 0 heterocycles. The van der Waals surface area contributed by atoms with E-state index in [1.807, 2.05) is 20.8 Å². The van der Waals surface area contributed by atoms with E-state index in [9.17, 15) is 9.59 Å². The third-order valence-electron chi connectivity index (χ3n) is 8.60. The number of rotatable bonds is 47. The summed E-state index contributed by atoms with van der Waals surface area (Å²) >= 11 is 0. The number of carbonyl (C=O) groups excluding carboxylic acids is 2. The van der Waals surface area contributed by atoms with Crippen LogP contribution in [-0.4, -0.2) is 175 Å². The second kappa shape index (κ2) is 45.9. The number of carbonyl (C=O) groups is 2. The van der Waals surface area contributed by atoms with Gasteiger partial charge < -0.3 is 61.7 Å². The standard InChI is InChI=1S/C44H87NO14/c1-6-7-8-9-10-11-12-13-14-15-16-17-18-19-42(46)58-41-40-57-39-38-56-37-36-55-35-34-54-33-32-53-31-30-52-29-28-51-27-26-50-25-24-49-23-22-48-21-20-45(5)43(47)59-44(2,3)4/h6-41H2,1-5H3. The third-order valence-corrected chi connectivity index (χ3v) is 8.60. The molecule has 0 aromatic heterocycles. The Hall–Kier alpha value is -1.66. The van der Waals surface area contributed by atoms with Gasteiger partial charge in [-0.3, -0.25) is 4.79 Å².